The summed E-state index contributed by atoms with van der Waals surface area (Å²) in [6.45, 7) is 2.00. The molecule has 84 valence electrons. The van der Waals surface area contributed by atoms with Gasteiger partial charge in [0.2, 0.25) is 0 Å². The van der Waals surface area contributed by atoms with Crippen molar-refractivity contribution in [2.75, 3.05) is 14.2 Å². The SMILES string of the molecule is CCC(OC)Oc1cc(Br)ccc1OC. The number of hydrogen-bond acceptors (Lipinski definition) is 3. The first-order valence-corrected chi connectivity index (χ1v) is 5.53. The maximum absolute atomic E-state index is 5.64. The third-order valence-corrected chi connectivity index (χ3v) is 2.47. The molecule has 0 bridgehead atoms. The van der Waals surface area contributed by atoms with Crippen LogP contribution in [0.1, 0.15) is 13.3 Å². The fourth-order valence-corrected chi connectivity index (χ4v) is 1.52. The van der Waals surface area contributed by atoms with Gasteiger partial charge < -0.3 is 14.2 Å². The smallest absolute Gasteiger partial charge is 0.199 e. The number of benzene rings is 1. The van der Waals surface area contributed by atoms with E-state index in [1.54, 1.807) is 14.2 Å². The van der Waals surface area contributed by atoms with Crippen LogP contribution in [-0.2, 0) is 4.74 Å². The predicted octanol–water partition coefficient (Wildman–Crippen LogP) is 3.22. The van der Waals surface area contributed by atoms with E-state index < -0.39 is 0 Å². The minimum atomic E-state index is -0.242. The summed E-state index contributed by atoms with van der Waals surface area (Å²) in [5.74, 6) is 1.38. The van der Waals surface area contributed by atoms with E-state index in [9.17, 15) is 0 Å². The van der Waals surface area contributed by atoms with Crippen molar-refractivity contribution in [3.05, 3.63) is 22.7 Å². The molecule has 1 unspecified atom stereocenters. The molecular weight excluding hydrogens is 260 g/mol. The van der Waals surface area contributed by atoms with Crippen molar-refractivity contribution in [3.63, 3.8) is 0 Å². The minimum absolute atomic E-state index is 0.242. The summed E-state index contributed by atoms with van der Waals surface area (Å²) in [6.07, 6.45) is 0.541. The third kappa shape index (κ3) is 3.39. The van der Waals surface area contributed by atoms with Gasteiger partial charge in [0.25, 0.3) is 0 Å². The molecule has 15 heavy (non-hydrogen) atoms. The molecule has 0 aliphatic carbocycles. The molecule has 0 amide bonds. The van der Waals surface area contributed by atoms with Crippen molar-refractivity contribution in [2.45, 2.75) is 19.6 Å². The van der Waals surface area contributed by atoms with Gasteiger partial charge in [-0.3, -0.25) is 0 Å². The molecule has 1 aromatic carbocycles. The summed E-state index contributed by atoms with van der Waals surface area (Å²) >= 11 is 3.38. The molecule has 0 saturated carbocycles. The van der Waals surface area contributed by atoms with Gasteiger partial charge >= 0.3 is 0 Å². The highest BCUT2D eigenvalue weighted by Crippen LogP contribution is 2.31. The lowest BCUT2D eigenvalue weighted by atomic mass is 10.3. The Hall–Kier alpha value is -0.740. The summed E-state index contributed by atoms with van der Waals surface area (Å²) < 4.78 is 16.9. The Morgan fingerprint density at radius 3 is 2.53 bits per heavy atom. The maximum Gasteiger partial charge on any atom is 0.199 e. The summed E-state index contributed by atoms with van der Waals surface area (Å²) in [6, 6.07) is 5.61. The first-order chi connectivity index (χ1) is 7.21. The molecule has 1 rings (SSSR count). The number of rotatable bonds is 5. The second-order valence-electron chi connectivity index (χ2n) is 2.99. The summed E-state index contributed by atoms with van der Waals surface area (Å²) in [5.41, 5.74) is 0. The van der Waals surface area contributed by atoms with Crippen molar-refractivity contribution >= 4 is 15.9 Å². The third-order valence-electron chi connectivity index (χ3n) is 1.98. The van der Waals surface area contributed by atoms with Gasteiger partial charge in [-0.15, -0.1) is 0 Å². The second-order valence-corrected chi connectivity index (χ2v) is 3.90. The van der Waals surface area contributed by atoms with Crippen LogP contribution in [0.3, 0.4) is 0 Å². The lowest BCUT2D eigenvalue weighted by molar-refractivity contribution is -0.0559. The standard InChI is InChI=1S/C11H15BrO3/c1-4-11(14-3)15-10-7-8(12)5-6-9(10)13-2/h5-7,11H,4H2,1-3H3. The van der Waals surface area contributed by atoms with Gasteiger partial charge in [0.15, 0.2) is 17.8 Å². The number of halogens is 1. The van der Waals surface area contributed by atoms with E-state index in [1.807, 2.05) is 25.1 Å². The lowest BCUT2D eigenvalue weighted by Crippen LogP contribution is -2.17. The maximum atomic E-state index is 5.64. The van der Waals surface area contributed by atoms with E-state index in [1.165, 1.54) is 0 Å². The van der Waals surface area contributed by atoms with Gasteiger partial charge in [-0.1, -0.05) is 22.9 Å². The van der Waals surface area contributed by atoms with E-state index in [4.69, 9.17) is 14.2 Å². The van der Waals surface area contributed by atoms with Crippen LogP contribution in [0.25, 0.3) is 0 Å². The lowest BCUT2D eigenvalue weighted by Gasteiger charge is -2.17. The Kier molecular flexibility index (Phi) is 4.91. The van der Waals surface area contributed by atoms with Crippen molar-refractivity contribution in [1.82, 2.24) is 0 Å². The zero-order valence-electron chi connectivity index (χ0n) is 9.12. The summed E-state index contributed by atoms with van der Waals surface area (Å²) in [4.78, 5) is 0. The predicted molar refractivity (Wildman–Crippen MR) is 62.4 cm³/mol. The second kappa shape index (κ2) is 5.98. The zero-order valence-corrected chi connectivity index (χ0v) is 10.7. The van der Waals surface area contributed by atoms with E-state index in [-0.39, 0.29) is 6.29 Å². The van der Waals surface area contributed by atoms with Gasteiger partial charge in [0, 0.05) is 18.0 Å². The van der Waals surface area contributed by atoms with Crippen molar-refractivity contribution < 1.29 is 14.2 Å². The molecule has 0 fully saturated rings. The zero-order chi connectivity index (χ0) is 11.3. The van der Waals surface area contributed by atoms with E-state index >= 15 is 0 Å². The van der Waals surface area contributed by atoms with Crippen LogP contribution in [0.15, 0.2) is 22.7 Å². The van der Waals surface area contributed by atoms with Crippen LogP contribution in [0, 0.1) is 0 Å². The van der Waals surface area contributed by atoms with Gasteiger partial charge in [-0.05, 0) is 18.2 Å². The number of hydrogen-bond donors (Lipinski definition) is 0. The molecule has 0 spiro atoms. The van der Waals surface area contributed by atoms with Crippen LogP contribution in [0.4, 0.5) is 0 Å². The van der Waals surface area contributed by atoms with Gasteiger partial charge in [-0.2, -0.15) is 0 Å². The average Bonchev–Trinajstić information content (AvgIpc) is 2.26. The highest BCUT2D eigenvalue weighted by atomic mass is 79.9. The molecule has 3 nitrogen and oxygen atoms in total. The fraction of sp³-hybridized carbons (Fsp3) is 0.455. The normalized spacial score (nSPS) is 12.3. The van der Waals surface area contributed by atoms with Crippen molar-refractivity contribution in [3.8, 4) is 11.5 Å². The Balaban J connectivity index is 2.86. The topological polar surface area (TPSA) is 27.7 Å². The Labute approximate surface area is 98.5 Å². The average molecular weight is 275 g/mol. The quantitative estimate of drug-likeness (QED) is 0.772. The Morgan fingerprint density at radius 2 is 2.00 bits per heavy atom. The molecule has 0 aromatic heterocycles. The molecule has 0 aliphatic heterocycles. The van der Waals surface area contributed by atoms with Crippen LogP contribution >= 0.6 is 15.9 Å². The molecule has 0 radical (unpaired) electrons. The number of ether oxygens (including phenoxy) is 3. The van der Waals surface area contributed by atoms with Crippen LogP contribution in [-0.4, -0.2) is 20.5 Å². The molecule has 0 aliphatic rings. The first kappa shape index (κ1) is 12.3. The summed E-state index contributed by atoms with van der Waals surface area (Å²) in [5, 5.41) is 0. The molecular formula is C11H15BrO3. The van der Waals surface area contributed by atoms with E-state index in [0.717, 1.165) is 10.9 Å². The van der Waals surface area contributed by atoms with Crippen molar-refractivity contribution in [1.29, 1.82) is 0 Å². The van der Waals surface area contributed by atoms with Gasteiger partial charge in [-0.25, -0.2) is 0 Å². The molecule has 0 heterocycles. The summed E-state index contributed by atoms with van der Waals surface area (Å²) in [7, 11) is 3.24. The highest BCUT2D eigenvalue weighted by Gasteiger charge is 2.10. The minimum Gasteiger partial charge on any atom is -0.493 e. The van der Waals surface area contributed by atoms with Crippen LogP contribution in [0.2, 0.25) is 0 Å². The monoisotopic (exact) mass is 274 g/mol. The Bertz CT molecular complexity index is 311. The highest BCUT2D eigenvalue weighted by molar-refractivity contribution is 9.10. The van der Waals surface area contributed by atoms with Gasteiger partial charge in [0.05, 0.1) is 7.11 Å². The van der Waals surface area contributed by atoms with Crippen LogP contribution < -0.4 is 9.47 Å². The largest absolute Gasteiger partial charge is 0.493 e. The van der Waals surface area contributed by atoms with E-state index in [0.29, 0.717) is 11.5 Å². The number of methoxy groups -OCH3 is 2. The molecule has 4 heteroatoms. The molecule has 1 atom stereocenters. The molecule has 0 N–H and O–H groups in total. The first-order valence-electron chi connectivity index (χ1n) is 4.74. The molecule has 1 aromatic rings. The molecule has 0 saturated heterocycles. The Morgan fingerprint density at radius 1 is 1.27 bits per heavy atom. The van der Waals surface area contributed by atoms with Gasteiger partial charge in [0.1, 0.15) is 0 Å². The van der Waals surface area contributed by atoms with Crippen molar-refractivity contribution in [2.24, 2.45) is 0 Å². The fourth-order valence-electron chi connectivity index (χ4n) is 1.18. The van der Waals surface area contributed by atoms with Crippen LogP contribution in [0.5, 0.6) is 11.5 Å². The van der Waals surface area contributed by atoms with E-state index in [2.05, 4.69) is 15.9 Å².